The van der Waals surface area contributed by atoms with Crippen LogP contribution in [0.25, 0.3) is 0 Å². The van der Waals surface area contributed by atoms with E-state index in [0.29, 0.717) is 30.0 Å². The molecule has 136 valence electrons. The summed E-state index contributed by atoms with van der Waals surface area (Å²) >= 11 is 4.23. The number of hydrogen-bond donors (Lipinski definition) is 3. The molecule has 1 fully saturated rings. The number of carboxylic acid groups (broad SMARTS) is 1. The molecule has 0 bridgehead atoms. The van der Waals surface area contributed by atoms with Crippen molar-refractivity contribution in [3.63, 3.8) is 0 Å². The van der Waals surface area contributed by atoms with Gasteiger partial charge in [0.25, 0.3) is 5.91 Å². The molecule has 0 spiro atoms. The van der Waals surface area contributed by atoms with Crippen LogP contribution in [0.3, 0.4) is 0 Å². The molecule has 1 amide bonds. The fraction of sp³-hybridized carbons (Fsp3) is 0.538. The third-order valence-electron chi connectivity index (χ3n) is 3.86. The molecule has 3 heterocycles. The number of nitrogens with two attached hydrogens (primary N) is 2. The van der Waals surface area contributed by atoms with Crippen LogP contribution in [0.4, 0.5) is 0 Å². The maximum absolute atomic E-state index is 12.3. The van der Waals surface area contributed by atoms with Crippen molar-refractivity contribution in [3.05, 3.63) is 16.3 Å². The number of aliphatic carboxylic acids is 1. The summed E-state index contributed by atoms with van der Waals surface area (Å²) in [5.74, 6) is -0.811. The fourth-order valence-electron chi connectivity index (χ4n) is 2.58. The Morgan fingerprint density at radius 1 is 1.56 bits per heavy atom. The minimum atomic E-state index is -1.46. The second-order valence-electron chi connectivity index (χ2n) is 5.38. The summed E-state index contributed by atoms with van der Waals surface area (Å²) in [6.07, 6.45) is 0.663. The molecule has 1 saturated heterocycles. The van der Waals surface area contributed by atoms with Crippen LogP contribution in [0.2, 0.25) is 0 Å². The number of amides is 1. The first-order valence-corrected chi connectivity index (χ1v) is 10.2. The molecule has 2 aliphatic heterocycles. The minimum Gasteiger partial charge on any atom is -0.477 e. The maximum atomic E-state index is 12.3. The van der Waals surface area contributed by atoms with Gasteiger partial charge in [-0.15, -0.1) is 22.0 Å². The number of ether oxygens (including phenoxy) is 1. The molecule has 0 unspecified atom stereocenters. The van der Waals surface area contributed by atoms with E-state index in [-0.39, 0.29) is 5.70 Å². The molecule has 12 heteroatoms. The van der Waals surface area contributed by atoms with Gasteiger partial charge >= 0.3 is 5.97 Å². The summed E-state index contributed by atoms with van der Waals surface area (Å²) in [7, 11) is 1.35. The van der Waals surface area contributed by atoms with Gasteiger partial charge in [-0.05, 0) is 12.1 Å². The van der Waals surface area contributed by atoms with Crippen molar-refractivity contribution in [2.24, 2.45) is 11.5 Å². The average Bonchev–Trinajstić information content (AvgIpc) is 3.05. The zero-order valence-electron chi connectivity index (χ0n) is 13.3. The monoisotopic (exact) mass is 403 g/mol. The standard InChI is InChI=1S/C13H17N5O4S3/c1-22-13(15)10(21)18-8(9(19)20)6(4-23-11(13)18)5-24-12-17-16-7(25-12)2-3-14/h11H,2-5,14-15H2,1H3,(H,19,20)/t11-,13+/m1/s1. The molecular weight excluding hydrogens is 386 g/mol. The second-order valence-corrected chi connectivity index (χ2v) is 8.74. The van der Waals surface area contributed by atoms with Gasteiger partial charge in [0.05, 0.1) is 0 Å². The van der Waals surface area contributed by atoms with Gasteiger partial charge in [-0.3, -0.25) is 15.4 Å². The van der Waals surface area contributed by atoms with Crippen molar-refractivity contribution >= 4 is 46.7 Å². The zero-order chi connectivity index (χ0) is 18.2. The lowest BCUT2D eigenvalue weighted by atomic mass is 10.00. The van der Waals surface area contributed by atoms with E-state index in [4.69, 9.17) is 16.2 Å². The highest BCUT2D eigenvalue weighted by atomic mass is 32.2. The van der Waals surface area contributed by atoms with E-state index in [2.05, 4.69) is 10.2 Å². The number of fused-ring (bicyclic) bond motifs is 1. The molecule has 0 saturated carbocycles. The number of rotatable bonds is 7. The maximum Gasteiger partial charge on any atom is 0.352 e. The number of carboxylic acids is 1. The highest BCUT2D eigenvalue weighted by molar-refractivity contribution is 8.01. The summed E-state index contributed by atoms with van der Waals surface area (Å²) in [6.45, 7) is 0.503. The van der Waals surface area contributed by atoms with E-state index in [1.807, 2.05) is 0 Å². The number of thioether (sulfide) groups is 2. The Morgan fingerprint density at radius 3 is 2.96 bits per heavy atom. The lowest BCUT2D eigenvalue weighted by Gasteiger charge is -2.54. The van der Waals surface area contributed by atoms with Gasteiger partial charge in [0, 0.05) is 25.0 Å². The largest absolute Gasteiger partial charge is 0.477 e. The van der Waals surface area contributed by atoms with Gasteiger partial charge in [0.2, 0.25) is 5.72 Å². The van der Waals surface area contributed by atoms with Gasteiger partial charge < -0.3 is 15.6 Å². The lowest BCUT2D eigenvalue weighted by Crippen LogP contribution is -2.78. The van der Waals surface area contributed by atoms with Crippen LogP contribution in [-0.2, 0) is 20.7 Å². The summed E-state index contributed by atoms with van der Waals surface area (Å²) in [4.78, 5) is 25.2. The van der Waals surface area contributed by atoms with Crippen LogP contribution in [0, 0.1) is 0 Å². The second kappa shape index (κ2) is 7.21. The van der Waals surface area contributed by atoms with E-state index in [0.717, 1.165) is 9.35 Å². The number of nitrogens with zero attached hydrogens (tertiary/aromatic N) is 3. The minimum absolute atomic E-state index is 0.00827. The number of carbonyl (C=O) groups excluding carboxylic acids is 1. The Kier molecular flexibility index (Phi) is 5.37. The third-order valence-corrected chi connectivity index (χ3v) is 7.46. The molecule has 5 N–H and O–H groups in total. The topological polar surface area (TPSA) is 145 Å². The quantitative estimate of drug-likeness (QED) is 0.315. The molecule has 2 aliphatic rings. The van der Waals surface area contributed by atoms with Crippen LogP contribution in [-0.4, -0.2) is 68.3 Å². The first kappa shape index (κ1) is 18.6. The molecule has 9 nitrogen and oxygen atoms in total. The normalized spacial score (nSPS) is 25.8. The van der Waals surface area contributed by atoms with Crippen LogP contribution in [0.15, 0.2) is 15.6 Å². The van der Waals surface area contributed by atoms with E-state index < -0.39 is 23.0 Å². The van der Waals surface area contributed by atoms with E-state index >= 15 is 0 Å². The smallest absolute Gasteiger partial charge is 0.352 e. The summed E-state index contributed by atoms with van der Waals surface area (Å²) < 4.78 is 5.84. The molecule has 0 aliphatic carbocycles. The Bertz CT molecular complexity index is 739. The number of hydrogen-bond acceptors (Lipinski definition) is 10. The van der Waals surface area contributed by atoms with Crippen molar-refractivity contribution in [2.75, 3.05) is 25.2 Å². The van der Waals surface area contributed by atoms with Gasteiger partial charge in [0.1, 0.15) is 16.1 Å². The van der Waals surface area contributed by atoms with Crippen molar-refractivity contribution in [1.29, 1.82) is 0 Å². The molecule has 1 aromatic rings. The number of aromatic nitrogens is 2. The van der Waals surface area contributed by atoms with Crippen LogP contribution in [0.1, 0.15) is 5.01 Å². The molecule has 1 aromatic heterocycles. The SMILES string of the molecule is CO[C@@]1(N)C(=O)N2C(C(=O)O)=C(CSc3nnc(CCN)s3)CS[C@@H]21. The highest BCUT2D eigenvalue weighted by Crippen LogP contribution is 2.46. The first-order valence-electron chi connectivity index (χ1n) is 7.32. The lowest BCUT2D eigenvalue weighted by molar-refractivity contribution is -0.182. The average molecular weight is 404 g/mol. The van der Waals surface area contributed by atoms with Crippen molar-refractivity contribution in [1.82, 2.24) is 15.1 Å². The Morgan fingerprint density at radius 2 is 2.32 bits per heavy atom. The van der Waals surface area contributed by atoms with Gasteiger partial charge in [-0.2, -0.15) is 0 Å². The predicted molar refractivity (Wildman–Crippen MR) is 95.1 cm³/mol. The van der Waals surface area contributed by atoms with Gasteiger partial charge in [0.15, 0.2) is 4.34 Å². The van der Waals surface area contributed by atoms with Crippen LogP contribution in [0.5, 0.6) is 0 Å². The first-order chi connectivity index (χ1) is 11.9. The van der Waals surface area contributed by atoms with Crippen molar-refractivity contribution < 1.29 is 19.4 Å². The summed E-state index contributed by atoms with van der Waals surface area (Å²) in [5, 5.41) is 18.0. The van der Waals surface area contributed by atoms with E-state index in [1.165, 1.54) is 46.9 Å². The van der Waals surface area contributed by atoms with Crippen molar-refractivity contribution in [2.45, 2.75) is 21.9 Å². The van der Waals surface area contributed by atoms with Crippen LogP contribution < -0.4 is 11.5 Å². The molecule has 0 aromatic carbocycles. The fourth-order valence-corrected chi connectivity index (χ4v) is 6.03. The van der Waals surface area contributed by atoms with E-state index in [9.17, 15) is 14.7 Å². The molecular formula is C13H17N5O4S3. The number of β-lactam (4-membered cyclic amide) rings is 1. The molecule has 0 radical (unpaired) electrons. The zero-order valence-corrected chi connectivity index (χ0v) is 15.7. The summed E-state index contributed by atoms with van der Waals surface area (Å²) in [5.41, 5.74) is 10.6. The number of carbonyl (C=O) groups is 2. The van der Waals surface area contributed by atoms with Gasteiger partial charge in [-0.1, -0.05) is 23.1 Å². The van der Waals surface area contributed by atoms with Gasteiger partial charge in [-0.25, -0.2) is 4.79 Å². The highest BCUT2D eigenvalue weighted by Gasteiger charge is 2.63. The molecule has 25 heavy (non-hydrogen) atoms. The van der Waals surface area contributed by atoms with Crippen molar-refractivity contribution in [3.8, 4) is 0 Å². The van der Waals surface area contributed by atoms with Crippen LogP contribution >= 0.6 is 34.9 Å². The Labute approximate surface area is 156 Å². The predicted octanol–water partition coefficient (Wildman–Crippen LogP) is -0.313. The summed E-state index contributed by atoms with van der Waals surface area (Å²) in [6, 6.07) is 0. The molecule has 2 atom stereocenters. The Hall–Kier alpha value is -1.18. The number of methoxy groups -OCH3 is 1. The van der Waals surface area contributed by atoms with E-state index in [1.54, 1.807) is 0 Å². The molecule has 3 rings (SSSR count). The third kappa shape index (κ3) is 3.17. The Balaban J connectivity index is 1.77.